The molecule has 0 aliphatic heterocycles. The van der Waals surface area contributed by atoms with Crippen molar-refractivity contribution in [2.45, 2.75) is 385 Å². The molecule has 16 aromatic rings. The SMILES string of the molecule is CC(C)c1ccn(C)n1.CC(C)c1cnsc1.CC(C)c1nccs1.CC(C)c1ncn[nH]1.CC(C)c1nn[nH]n1.CC(C)c1nncn1C.CC(C)c1nnco1.CC(C)c1nncs1.Cc1cnc(C(C)C)s1.Cc1csc(C(C)C)n1.Cc1nc(C(C)C)n[nH]1.Cc1nc(C(C)C)sc1C.Cc1nnc(C(C)C)o1.Cc1nnc(C(C)C)s1.Cc1nsc(C)c1C(C)C.Cc1sncc1C(C)C. The number of hydrogen-bond donors (Lipinski definition) is 3. The fourth-order valence-corrected chi connectivity index (χ4v) is 17.0. The molecule has 16 rings (SSSR count). The van der Waals surface area contributed by atoms with Crippen molar-refractivity contribution in [3.8, 4) is 0 Å². The lowest BCUT2D eigenvalue weighted by atomic mass is 10.0. The van der Waals surface area contributed by atoms with Crippen molar-refractivity contribution < 1.29 is 8.83 Å². The van der Waals surface area contributed by atoms with Gasteiger partial charge in [-0.1, -0.05) is 227 Å². The van der Waals surface area contributed by atoms with Gasteiger partial charge in [-0.15, -0.1) is 129 Å². The third-order valence-corrected chi connectivity index (χ3v) is 27.6. The van der Waals surface area contributed by atoms with Crippen LogP contribution in [0.1, 0.15) is 457 Å². The van der Waals surface area contributed by atoms with Crippen LogP contribution < -0.4 is 0 Å². The second-order valence-electron chi connectivity index (χ2n) is 37.2. The van der Waals surface area contributed by atoms with E-state index in [1.54, 1.807) is 98.5 Å². The van der Waals surface area contributed by atoms with Gasteiger partial charge in [-0.05, 0) is 143 Å². The van der Waals surface area contributed by atoms with Crippen LogP contribution in [0.15, 0.2) is 86.6 Å². The number of hydrogen-bond acceptors (Lipinski definition) is 36. The Kier molecular flexibility index (Phi) is 64.5. The molecule has 0 spiro atoms. The maximum atomic E-state index is 5.12. The molecule has 0 aliphatic rings. The van der Waals surface area contributed by atoms with Crippen LogP contribution in [-0.4, -0.2) is 149 Å². The molecule has 0 aromatic carbocycles. The summed E-state index contributed by atoms with van der Waals surface area (Å²) in [5.74, 6) is 14.8. The van der Waals surface area contributed by atoms with E-state index in [-0.39, 0.29) is 0 Å². The lowest BCUT2D eigenvalue weighted by molar-refractivity contribution is 0.448. The molecule has 0 saturated heterocycles. The van der Waals surface area contributed by atoms with E-state index in [0.717, 1.165) is 55.5 Å². The first-order valence-electron chi connectivity index (χ1n) is 47.5. The predicted octanol–water partition coefficient (Wildman–Crippen LogP) is 29.3. The zero-order valence-electron chi connectivity index (χ0n) is 91.8. The van der Waals surface area contributed by atoms with Crippen LogP contribution in [-0.2, 0) is 14.1 Å². The molecule has 0 radical (unpaired) electrons. The van der Waals surface area contributed by atoms with Gasteiger partial charge in [-0.3, -0.25) is 14.9 Å². The third kappa shape index (κ3) is 54.7. The Morgan fingerprint density at radius 1 is 0.421 bits per heavy atom. The molecule has 0 amide bonds. The van der Waals surface area contributed by atoms with Gasteiger partial charge < -0.3 is 13.4 Å². The fraction of sp³-hybridized carbons (Fsp3) is 0.606. The second-order valence-corrected chi connectivity index (χ2v) is 46.3. The zero-order valence-corrected chi connectivity index (χ0v) is 99.2. The molecule has 0 bridgehead atoms. The highest BCUT2D eigenvalue weighted by molar-refractivity contribution is 7.12. The van der Waals surface area contributed by atoms with Crippen molar-refractivity contribution in [3.05, 3.63) is 219 Å². The summed E-state index contributed by atoms with van der Waals surface area (Å²) in [6.07, 6.45) is 14.2. The van der Waals surface area contributed by atoms with E-state index < -0.39 is 0 Å². The Labute approximate surface area is 872 Å². The number of aryl methyl sites for hydroxylation is 12. The molecule has 41 heteroatoms. The number of aromatic amines is 3. The van der Waals surface area contributed by atoms with Crippen LogP contribution in [0.2, 0.25) is 0 Å². The average molecular weight is 2100 g/mol. The van der Waals surface area contributed by atoms with E-state index in [1.165, 1.54) is 91.9 Å². The molecule has 32 nitrogen and oxygen atoms in total. The minimum Gasteiger partial charge on any atom is -0.428 e. The van der Waals surface area contributed by atoms with Gasteiger partial charge in [0.25, 0.3) is 0 Å². The molecule has 16 aromatic heterocycles. The number of H-pyrrole nitrogens is 3. The maximum Gasteiger partial charge on any atom is 0.219 e. The number of thiazole rings is 4. The largest absolute Gasteiger partial charge is 0.428 e. The lowest BCUT2D eigenvalue weighted by Gasteiger charge is -2.03. The molecule has 3 N–H and O–H groups in total. The van der Waals surface area contributed by atoms with E-state index >= 15 is 0 Å². The van der Waals surface area contributed by atoms with Gasteiger partial charge in [0.05, 0.1) is 37.1 Å². The van der Waals surface area contributed by atoms with Crippen molar-refractivity contribution in [2.75, 3.05) is 0 Å². The van der Waals surface area contributed by atoms with Crippen LogP contribution in [0, 0.1) is 69.2 Å². The molecular weight excluding hydrogens is 1930 g/mol. The van der Waals surface area contributed by atoms with E-state index in [1.807, 2.05) is 139 Å². The maximum absolute atomic E-state index is 5.12. The molecule has 0 fully saturated rings. The molecule has 0 saturated carbocycles. The Bertz CT molecular complexity index is 4870. The fourth-order valence-electron chi connectivity index (χ4n) is 10.3. The third-order valence-electron chi connectivity index (χ3n) is 18.3. The molecule has 776 valence electrons. The highest BCUT2D eigenvalue weighted by Crippen LogP contribution is 2.28. The standard InChI is InChI=1S/2C8H13NS.C7H12N2.3C7H11NS.2C6H11N3.C6H10N2O.C6H10N2S.2C6H9NS.C5H9N3.C5H8N2O.C5H8N2S.C4H8N4/c1-5(2)8-6(3)9-10-7(8)4;1-5(2)8-9-6(3)7(4)10-8;1-6(2)7-4-5-9(3)8-7;1-5(2)7-4-8-9-6(7)3;1-5(2)7-8-6(3)4-9-7;1-5(2)7-8-4-6(3)9-7;1-5(2)6-8-7-4-9(6)3;1-4(2)6-7-5(3)8-9-6;2*1-4(2)6-8-7-5(3)9-6;1-5(2)6-3-7-8-4-6;1-5(2)6-7-3-4-8-6;1-4(2)5-6-3-7-8-5;2*1-4(2)5-7-6-3-8-5;1-3(2)4-5-7-8-6-4/h2*5H,1-4H3;4-6H,1-3H3;4*4-5H,1-3H3;4H,1-3H3,(H,7,8,9);2*4H,1-3H3;2*3-5H,1-2H3;3-4H,1-2H3,(H,6,7,8);2*3-4H,1-2H3;3H,1-2H3,(H,5,6,7,8). The number of rotatable bonds is 16. The highest BCUT2D eigenvalue weighted by atomic mass is 32.1. The van der Waals surface area contributed by atoms with Gasteiger partial charge in [-0.2, -0.15) is 24.9 Å². The topological polar surface area (TPSA) is 406 Å². The number of aromatic nitrogens is 30. The minimum atomic E-state index is 0.339. The summed E-state index contributed by atoms with van der Waals surface area (Å²) < 4.78 is 26.1. The first kappa shape index (κ1) is 129. The Balaban J connectivity index is 0.000000747. The Hall–Kier alpha value is -9.49. The van der Waals surface area contributed by atoms with Crippen molar-refractivity contribution in [1.82, 2.24) is 149 Å². The normalized spacial score (nSPS) is 10.6. The van der Waals surface area contributed by atoms with E-state index in [2.05, 4.69) is 372 Å². The molecule has 140 heavy (non-hydrogen) atoms. The summed E-state index contributed by atoms with van der Waals surface area (Å²) in [5, 5.41) is 83.2. The van der Waals surface area contributed by atoms with E-state index in [9.17, 15) is 0 Å². The molecule has 0 aliphatic carbocycles. The van der Waals surface area contributed by atoms with Gasteiger partial charge in [0, 0.05) is 164 Å². The van der Waals surface area contributed by atoms with Crippen molar-refractivity contribution in [2.24, 2.45) is 14.1 Å². The highest BCUT2D eigenvalue weighted by Gasteiger charge is 2.14. The average Bonchev–Trinajstić information content (AvgIpc) is 1.72. The molecule has 0 atom stereocenters. The van der Waals surface area contributed by atoms with Gasteiger partial charge in [0.2, 0.25) is 24.1 Å². The van der Waals surface area contributed by atoms with Crippen LogP contribution >= 0.6 is 103 Å². The van der Waals surface area contributed by atoms with Gasteiger partial charge in [0.1, 0.15) is 50.7 Å². The summed E-state index contributed by atoms with van der Waals surface area (Å²) in [5.41, 5.74) is 10.6. The predicted molar refractivity (Wildman–Crippen MR) is 587 cm³/mol. The molecule has 0 unspecified atom stereocenters. The van der Waals surface area contributed by atoms with Crippen LogP contribution in [0.3, 0.4) is 0 Å². The van der Waals surface area contributed by atoms with Crippen molar-refractivity contribution >= 4 is 103 Å². The van der Waals surface area contributed by atoms with E-state index in [4.69, 9.17) is 8.83 Å². The van der Waals surface area contributed by atoms with Crippen molar-refractivity contribution in [1.29, 1.82) is 0 Å². The summed E-state index contributed by atoms with van der Waals surface area (Å²) in [7, 11) is 3.89. The first-order valence-corrected chi connectivity index (χ1v) is 55.0. The van der Waals surface area contributed by atoms with Crippen molar-refractivity contribution in [3.63, 3.8) is 0 Å². The molecular formula is C99H164N30O2S9. The van der Waals surface area contributed by atoms with Crippen LogP contribution in [0.25, 0.3) is 0 Å². The summed E-state index contributed by atoms with van der Waals surface area (Å²) in [6, 6.07) is 2.05. The van der Waals surface area contributed by atoms with Gasteiger partial charge in [-0.25, -0.2) is 38.7 Å². The smallest absolute Gasteiger partial charge is 0.219 e. The Morgan fingerprint density at radius 2 is 1.06 bits per heavy atom. The van der Waals surface area contributed by atoms with Crippen LogP contribution in [0.5, 0.6) is 0 Å². The lowest BCUT2D eigenvalue weighted by Crippen LogP contribution is -1.98. The zero-order chi connectivity index (χ0) is 106. The number of tetrazole rings is 1. The molecule has 16 heterocycles. The van der Waals surface area contributed by atoms with E-state index in [0.29, 0.717) is 112 Å². The van der Waals surface area contributed by atoms with Crippen LogP contribution in [0.4, 0.5) is 0 Å². The number of nitrogens with zero attached hydrogens (tertiary/aromatic N) is 27. The van der Waals surface area contributed by atoms with Gasteiger partial charge in [0.15, 0.2) is 11.6 Å². The minimum absolute atomic E-state index is 0.339. The summed E-state index contributed by atoms with van der Waals surface area (Å²) in [4.78, 5) is 30.6. The summed E-state index contributed by atoms with van der Waals surface area (Å²) >= 11 is 15.1. The monoisotopic (exact) mass is 2090 g/mol. The summed E-state index contributed by atoms with van der Waals surface area (Å²) in [6.45, 7) is 88.1. The quantitative estimate of drug-likeness (QED) is 0.0808. The Morgan fingerprint density at radius 3 is 1.29 bits per heavy atom. The van der Waals surface area contributed by atoms with Gasteiger partial charge >= 0.3 is 0 Å². The first-order chi connectivity index (χ1) is 65.7. The second kappa shape index (κ2) is 70.2. The number of nitrogens with one attached hydrogen (secondary N) is 3.